The average molecular weight is 368 g/mol. The minimum Gasteiger partial charge on any atom is -0.467 e. The van der Waals surface area contributed by atoms with Gasteiger partial charge in [0, 0.05) is 32.2 Å². The zero-order valence-corrected chi connectivity index (χ0v) is 15.2. The van der Waals surface area contributed by atoms with E-state index in [1.165, 1.54) is 6.26 Å². The molecule has 6 nitrogen and oxygen atoms in total. The molecule has 0 aromatic carbocycles. The van der Waals surface area contributed by atoms with Crippen molar-refractivity contribution in [3.05, 3.63) is 23.7 Å². The van der Waals surface area contributed by atoms with E-state index in [1.807, 2.05) is 4.90 Å². The fraction of sp³-hybridized carbons (Fsp3) is 0.667. The van der Waals surface area contributed by atoms with Crippen molar-refractivity contribution >= 4 is 30.7 Å². The van der Waals surface area contributed by atoms with Crippen LogP contribution in [0.15, 0.2) is 16.7 Å². The van der Waals surface area contributed by atoms with E-state index in [4.69, 9.17) is 10.2 Å². The Labute approximate surface area is 149 Å². The van der Waals surface area contributed by atoms with Crippen LogP contribution >= 0.6 is 24.8 Å². The van der Waals surface area contributed by atoms with Crippen LogP contribution in [-0.2, 0) is 6.54 Å². The molecule has 2 unspecified atom stereocenters. The molecule has 1 aliphatic rings. The third-order valence-electron chi connectivity index (χ3n) is 3.96. The van der Waals surface area contributed by atoms with Crippen LogP contribution in [0.5, 0.6) is 0 Å². The first-order chi connectivity index (χ1) is 10.0. The molecule has 0 aliphatic carbocycles. The van der Waals surface area contributed by atoms with E-state index in [0.29, 0.717) is 37.5 Å². The molecule has 1 aromatic rings. The van der Waals surface area contributed by atoms with Gasteiger partial charge in [0.05, 0.1) is 18.2 Å². The lowest BCUT2D eigenvalue weighted by Crippen LogP contribution is -2.55. The average Bonchev–Trinajstić information content (AvgIpc) is 2.95. The monoisotopic (exact) mass is 367 g/mol. The van der Waals surface area contributed by atoms with Crippen molar-refractivity contribution in [1.82, 2.24) is 9.80 Å². The number of halogens is 2. The van der Waals surface area contributed by atoms with Crippen molar-refractivity contribution in [1.29, 1.82) is 0 Å². The fourth-order valence-electron chi connectivity index (χ4n) is 2.83. The lowest BCUT2D eigenvalue weighted by molar-refractivity contribution is 0.0309. The zero-order chi connectivity index (χ0) is 15.4. The van der Waals surface area contributed by atoms with Gasteiger partial charge in [0.25, 0.3) is 5.91 Å². The third kappa shape index (κ3) is 5.65. The van der Waals surface area contributed by atoms with Gasteiger partial charge in [-0.25, -0.2) is 0 Å². The molecule has 2 rings (SSSR count). The van der Waals surface area contributed by atoms with Gasteiger partial charge in [-0.15, -0.1) is 24.8 Å². The maximum Gasteiger partial charge on any atom is 0.257 e. The number of aliphatic hydroxyl groups excluding tert-OH is 1. The molecular weight excluding hydrogens is 341 g/mol. The van der Waals surface area contributed by atoms with Crippen molar-refractivity contribution in [3.8, 4) is 0 Å². The Morgan fingerprint density at radius 3 is 2.70 bits per heavy atom. The molecule has 1 aliphatic heterocycles. The van der Waals surface area contributed by atoms with Gasteiger partial charge in [0.1, 0.15) is 12.0 Å². The fourth-order valence-corrected chi connectivity index (χ4v) is 2.83. The van der Waals surface area contributed by atoms with E-state index in [0.717, 1.165) is 13.0 Å². The number of piperazine rings is 1. The predicted molar refractivity (Wildman–Crippen MR) is 94.3 cm³/mol. The number of rotatable bonds is 5. The summed E-state index contributed by atoms with van der Waals surface area (Å²) in [4.78, 5) is 16.6. The molecule has 0 spiro atoms. The van der Waals surface area contributed by atoms with E-state index in [1.54, 1.807) is 13.0 Å². The summed E-state index contributed by atoms with van der Waals surface area (Å²) < 4.78 is 5.24. The van der Waals surface area contributed by atoms with Crippen LogP contribution < -0.4 is 5.73 Å². The lowest BCUT2D eigenvalue weighted by atomic mass is 10.1. The summed E-state index contributed by atoms with van der Waals surface area (Å²) in [6.45, 7) is 7.01. The molecule has 1 saturated heterocycles. The van der Waals surface area contributed by atoms with Gasteiger partial charge in [-0.05, 0) is 19.4 Å². The second kappa shape index (κ2) is 10.2. The second-order valence-corrected chi connectivity index (χ2v) is 5.66. The normalized spacial score (nSPS) is 19.7. The van der Waals surface area contributed by atoms with E-state index in [-0.39, 0.29) is 42.9 Å². The van der Waals surface area contributed by atoms with Crippen LogP contribution in [0.2, 0.25) is 0 Å². The van der Waals surface area contributed by atoms with Crippen molar-refractivity contribution < 1.29 is 14.3 Å². The molecule has 2 heterocycles. The number of nitrogens with two attached hydrogens (primary N) is 1. The Kier molecular flexibility index (Phi) is 9.80. The quantitative estimate of drug-likeness (QED) is 0.823. The predicted octanol–water partition coefficient (Wildman–Crippen LogP) is 1.50. The number of furan rings is 1. The van der Waals surface area contributed by atoms with Crippen LogP contribution in [0.1, 0.15) is 36.4 Å². The number of aliphatic hydroxyl groups is 1. The summed E-state index contributed by atoms with van der Waals surface area (Å²) in [6.07, 6.45) is 2.09. The molecule has 0 bridgehead atoms. The van der Waals surface area contributed by atoms with Gasteiger partial charge in [0.2, 0.25) is 0 Å². The molecule has 1 aromatic heterocycles. The minimum absolute atomic E-state index is 0. The third-order valence-corrected chi connectivity index (χ3v) is 3.96. The Bertz CT molecular complexity index is 482. The summed E-state index contributed by atoms with van der Waals surface area (Å²) in [5, 5.41) is 9.55. The molecule has 2 atom stereocenters. The van der Waals surface area contributed by atoms with Crippen LogP contribution in [0, 0.1) is 0 Å². The van der Waals surface area contributed by atoms with E-state index in [2.05, 4.69) is 11.8 Å². The Hall–Kier alpha value is -0.790. The largest absolute Gasteiger partial charge is 0.467 e. The van der Waals surface area contributed by atoms with E-state index in [9.17, 15) is 9.90 Å². The Morgan fingerprint density at radius 1 is 1.48 bits per heavy atom. The van der Waals surface area contributed by atoms with Gasteiger partial charge in [-0.3, -0.25) is 9.69 Å². The van der Waals surface area contributed by atoms with Crippen molar-refractivity contribution in [2.75, 3.05) is 26.2 Å². The van der Waals surface area contributed by atoms with Crippen LogP contribution in [0.3, 0.4) is 0 Å². The number of hydrogen-bond acceptors (Lipinski definition) is 5. The zero-order valence-electron chi connectivity index (χ0n) is 13.6. The molecule has 1 amide bonds. The minimum atomic E-state index is -0.345. The van der Waals surface area contributed by atoms with Crippen molar-refractivity contribution in [3.63, 3.8) is 0 Å². The van der Waals surface area contributed by atoms with E-state index >= 15 is 0 Å². The number of nitrogens with zero attached hydrogens (tertiary/aromatic N) is 2. The van der Waals surface area contributed by atoms with Gasteiger partial charge in [0.15, 0.2) is 0 Å². The molecule has 3 N–H and O–H groups in total. The van der Waals surface area contributed by atoms with Crippen LogP contribution in [0.4, 0.5) is 0 Å². The number of carbonyl (C=O) groups excluding carboxylic acids is 1. The highest BCUT2D eigenvalue weighted by atomic mass is 35.5. The summed E-state index contributed by atoms with van der Waals surface area (Å²) in [7, 11) is 0. The summed E-state index contributed by atoms with van der Waals surface area (Å²) in [5.74, 6) is 0.617. The summed E-state index contributed by atoms with van der Waals surface area (Å²) in [5.41, 5.74) is 6.07. The Balaban J connectivity index is 0.00000242. The summed E-state index contributed by atoms with van der Waals surface area (Å²) >= 11 is 0. The first-order valence-corrected chi connectivity index (χ1v) is 7.54. The molecule has 1 fully saturated rings. The molecule has 0 radical (unpaired) electrons. The highest BCUT2D eigenvalue weighted by molar-refractivity contribution is 5.94. The highest BCUT2D eigenvalue weighted by Gasteiger charge is 2.29. The van der Waals surface area contributed by atoms with Gasteiger partial charge < -0.3 is 20.2 Å². The molecule has 0 saturated carbocycles. The lowest BCUT2D eigenvalue weighted by Gasteiger charge is -2.41. The smallest absolute Gasteiger partial charge is 0.257 e. The highest BCUT2D eigenvalue weighted by Crippen LogP contribution is 2.17. The molecule has 8 heteroatoms. The Morgan fingerprint density at radius 2 is 2.17 bits per heavy atom. The molecule has 23 heavy (non-hydrogen) atoms. The summed E-state index contributed by atoms with van der Waals surface area (Å²) in [6, 6.07) is 2.00. The maximum absolute atomic E-state index is 12.5. The molecular formula is C15H27Cl2N3O3. The van der Waals surface area contributed by atoms with Gasteiger partial charge >= 0.3 is 0 Å². The van der Waals surface area contributed by atoms with Gasteiger partial charge in [-0.2, -0.15) is 0 Å². The number of carbonyl (C=O) groups is 1. The topological polar surface area (TPSA) is 82.9 Å². The first-order valence-electron chi connectivity index (χ1n) is 7.54. The first kappa shape index (κ1) is 22.2. The molecule has 134 valence electrons. The second-order valence-electron chi connectivity index (χ2n) is 5.66. The van der Waals surface area contributed by atoms with Crippen LogP contribution in [0.25, 0.3) is 0 Å². The van der Waals surface area contributed by atoms with Crippen molar-refractivity contribution in [2.45, 2.75) is 39.0 Å². The SMILES string of the molecule is CCC1CN(C(=O)c2coc(CN)c2)CCN1CC(C)O.Cl.Cl. The maximum atomic E-state index is 12.5. The standard InChI is InChI=1S/C15H25N3O3.2ClH/c1-3-13-9-18(5-4-17(13)8-11(2)19)15(20)12-6-14(7-16)21-10-12;;/h6,10-11,13,19H,3-5,7-9,16H2,1-2H3;2*1H. The number of amides is 1. The number of β-amino-alcohol motifs (C(OH)–C–C–N with tert-alkyl or cyclic N) is 1. The van der Waals surface area contributed by atoms with Crippen LogP contribution in [-0.4, -0.2) is 59.1 Å². The van der Waals surface area contributed by atoms with Gasteiger partial charge in [-0.1, -0.05) is 6.92 Å². The number of hydrogen-bond donors (Lipinski definition) is 2. The van der Waals surface area contributed by atoms with E-state index < -0.39 is 0 Å². The van der Waals surface area contributed by atoms with Crippen molar-refractivity contribution in [2.24, 2.45) is 5.73 Å².